The minimum Gasteiger partial charge on any atom is -0.493 e. The molecular weight excluding hydrogens is 609 g/mol. The van der Waals surface area contributed by atoms with Crippen molar-refractivity contribution in [3.05, 3.63) is 94.3 Å². The molecule has 3 heterocycles. The van der Waals surface area contributed by atoms with E-state index >= 15 is 4.39 Å². The number of piperidine rings is 1. The summed E-state index contributed by atoms with van der Waals surface area (Å²) in [5.41, 5.74) is 3.89. The van der Waals surface area contributed by atoms with E-state index in [1.54, 1.807) is 35.7 Å². The standard InChI is InChI=1S/C31H29BrFN3O4S/c1-4-30(37)36-13-10-21(11-14-36)39-28-17-24-23(16-27(28)38-3)19(2)9-12-34-26(24)8-6-20-5-7-22(15-25(20)33)40-31-35-29(32)18-41-31/h4-5,7,9,12,15-18,21H,1-2,6,8,10-11,13-14H2,3H3. The van der Waals surface area contributed by atoms with Gasteiger partial charge in [-0.15, -0.1) is 0 Å². The molecule has 1 saturated heterocycles. The van der Waals surface area contributed by atoms with Gasteiger partial charge in [-0.05, 0) is 75.8 Å². The van der Waals surface area contributed by atoms with E-state index in [0.717, 1.165) is 22.4 Å². The van der Waals surface area contributed by atoms with E-state index in [2.05, 4.69) is 39.1 Å². The number of methoxy groups -OCH3 is 1. The van der Waals surface area contributed by atoms with Crippen molar-refractivity contribution in [2.24, 2.45) is 4.99 Å². The lowest BCUT2D eigenvalue weighted by Crippen LogP contribution is -2.41. The Balaban J connectivity index is 1.33. The Morgan fingerprint density at radius 3 is 2.66 bits per heavy atom. The first-order valence-electron chi connectivity index (χ1n) is 13.1. The molecule has 1 amide bonds. The third-order valence-electron chi connectivity index (χ3n) is 7.00. The Bertz CT molecular complexity index is 1540. The molecule has 0 atom stereocenters. The predicted octanol–water partition coefficient (Wildman–Crippen LogP) is 7.36. The lowest BCUT2D eigenvalue weighted by Gasteiger charge is -2.32. The van der Waals surface area contributed by atoms with Gasteiger partial charge in [0.15, 0.2) is 11.5 Å². The maximum atomic E-state index is 15.0. The monoisotopic (exact) mass is 637 g/mol. The summed E-state index contributed by atoms with van der Waals surface area (Å²) in [6.07, 6.45) is 7.18. The number of allylic oxidation sites excluding steroid dienone is 2. The van der Waals surface area contributed by atoms with Crippen molar-refractivity contribution >= 4 is 44.5 Å². The van der Waals surface area contributed by atoms with Crippen molar-refractivity contribution in [1.82, 2.24) is 9.88 Å². The number of benzene rings is 2. The highest BCUT2D eigenvalue weighted by Crippen LogP contribution is 2.37. The summed E-state index contributed by atoms with van der Waals surface area (Å²) in [6.45, 7) is 8.98. The van der Waals surface area contributed by atoms with E-state index in [9.17, 15) is 4.79 Å². The van der Waals surface area contributed by atoms with Gasteiger partial charge in [-0.1, -0.05) is 30.6 Å². The molecule has 0 bridgehead atoms. The van der Waals surface area contributed by atoms with E-state index < -0.39 is 0 Å². The van der Waals surface area contributed by atoms with Gasteiger partial charge in [0.1, 0.15) is 22.3 Å². The van der Waals surface area contributed by atoms with Gasteiger partial charge in [-0.3, -0.25) is 9.79 Å². The molecule has 10 heteroatoms. The summed E-state index contributed by atoms with van der Waals surface area (Å²) in [6, 6.07) is 8.69. The number of aliphatic imine (C=N–C) groups is 1. The summed E-state index contributed by atoms with van der Waals surface area (Å²) in [4.78, 5) is 22.6. The number of thiazole rings is 1. The van der Waals surface area contributed by atoms with Crippen LogP contribution in [0.5, 0.6) is 22.4 Å². The summed E-state index contributed by atoms with van der Waals surface area (Å²) in [5, 5.41) is 2.24. The zero-order chi connectivity index (χ0) is 28.9. The molecule has 2 aliphatic heterocycles. The van der Waals surface area contributed by atoms with Gasteiger partial charge >= 0.3 is 0 Å². The molecule has 1 aromatic heterocycles. The fourth-order valence-corrected chi connectivity index (χ4v) is 5.93. The highest BCUT2D eigenvalue weighted by atomic mass is 79.9. The minimum absolute atomic E-state index is 0.0655. The van der Waals surface area contributed by atoms with E-state index in [1.165, 1.54) is 23.5 Å². The van der Waals surface area contributed by atoms with E-state index in [1.807, 2.05) is 18.2 Å². The maximum absolute atomic E-state index is 15.0. The number of likely N-dealkylation sites (tertiary alicyclic amines) is 1. The molecule has 0 spiro atoms. The zero-order valence-corrected chi connectivity index (χ0v) is 25.0. The van der Waals surface area contributed by atoms with Crippen LogP contribution in [-0.4, -0.2) is 47.8 Å². The van der Waals surface area contributed by atoms with Crippen LogP contribution in [0.3, 0.4) is 0 Å². The van der Waals surface area contributed by atoms with Crippen LogP contribution in [-0.2, 0) is 11.2 Å². The highest BCUT2D eigenvalue weighted by Gasteiger charge is 2.25. The molecule has 2 aliphatic rings. The SMILES string of the molecule is C=CC(=O)N1CCC(Oc2cc3c(cc2OC)C(=C)C=CN=C3CCc2ccc(Oc3nc(Br)cs3)cc2F)CC1. The van der Waals surface area contributed by atoms with Crippen LogP contribution in [0, 0.1) is 5.82 Å². The summed E-state index contributed by atoms with van der Waals surface area (Å²) >= 11 is 4.62. The van der Waals surface area contributed by atoms with Crippen molar-refractivity contribution in [3.8, 4) is 22.4 Å². The van der Waals surface area contributed by atoms with E-state index in [4.69, 9.17) is 14.2 Å². The van der Waals surface area contributed by atoms with Crippen LogP contribution in [0.2, 0.25) is 0 Å². The molecule has 0 saturated carbocycles. The highest BCUT2D eigenvalue weighted by molar-refractivity contribution is 9.10. The Labute approximate surface area is 250 Å². The predicted molar refractivity (Wildman–Crippen MR) is 163 cm³/mol. The molecule has 0 aliphatic carbocycles. The van der Waals surface area contributed by atoms with Crippen LogP contribution in [0.15, 0.2) is 76.8 Å². The molecule has 5 rings (SSSR count). The number of halogens is 2. The van der Waals surface area contributed by atoms with Crippen molar-refractivity contribution in [3.63, 3.8) is 0 Å². The molecule has 3 aromatic rings. The Hall–Kier alpha value is -3.76. The number of carbonyl (C=O) groups excluding carboxylic acids is 1. The number of rotatable bonds is 9. The fourth-order valence-electron chi connectivity index (χ4n) is 4.83. The Morgan fingerprint density at radius 2 is 1.98 bits per heavy atom. The zero-order valence-electron chi connectivity index (χ0n) is 22.6. The maximum Gasteiger partial charge on any atom is 0.279 e. The summed E-state index contributed by atoms with van der Waals surface area (Å²) < 4.78 is 33.5. The molecule has 2 aromatic carbocycles. The second-order valence-electron chi connectivity index (χ2n) is 9.60. The molecule has 212 valence electrons. The number of hydrogen-bond donors (Lipinski definition) is 0. The quantitative estimate of drug-likeness (QED) is 0.229. The van der Waals surface area contributed by atoms with E-state index in [0.29, 0.717) is 71.4 Å². The fraction of sp³-hybridized carbons (Fsp3) is 0.258. The molecule has 41 heavy (non-hydrogen) atoms. The van der Waals surface area contributed by atoms with Gasteiger partial charge in [-0.25, -0.2) is 4.39 Å². The molecule has 0 unspecified atom stereocenters. The number of amides is 1. The van der Waals surface area contributed by atoms with Crippen LogP contribution >= 0.6 is 27.3 Å². The largest absolute Gasteiger partial charge is 0.493 e. The molecule has 0 N–H and O–H groups in total. The second-order valence-corrected chi connectivity index (χ2v) is 11.2. The number of hydrogen-bond acceptors (Lipinski definition) is 7. The van der Waals surface area contributed by atoms with Gasteiger partial charge in [0.2, 0.25) is 5.91 Å². The Kier molecular flexibility index (Phi) is 8.99. The third-order valence-corrected chi connectivity index (χ3v) is 8.43. The molecule has 1 fully saturated rings. The first-order valence-corrected chi connectivity index (χ1v) is 14.8. The first-order chi connectivity index (χ1) is 19.8. The van der Waals surface area contributed by atoms with Crippen LogP contribution < -0.4 is 14.2 Å². The number of aryl methyl sites for hydroxylation is 1. The van der Waals surface area contributed by atoms with Crippen LogP contribution in [0.25, 0.3) is 5.57 Å². The average molecular weight is 639 g/mol. The van der Waals surface area contributed by atoms with Gasteiger partial charge in [-0.2, -0.15) is 4.98 Å². The van der Waals surface area contributed by atoms with Gasteiger partial charge < -0.3 is 19.1 Å². The van der Waals surface area contributed by atoms with Crippen LogP contribution in [0.1, 0.15) is 36.0 Å². The Morgan fingerprint density at radius 1 is 1.20 bits per heavy atom. The van der Waals surface area contributed by atoms with Gasteiger partial charge in [0.05, 0.1) is 7.11 Å². The van der Waals surface area contributed by atoms with Crippen molar-refractivity contribution in [2.45, 2.75) is 31.8 Å². The molecule has 0 radical (unpaired) electrons. The van der Waals surface area contributed by atoms with Crippen LogP contribution in [0.4, 0.5) is 4.39 Å². The topological polar surface area (TPSA) is 73.2 Å². The summed E-state index contributed by atoms with van der Waals surface area (Å²) in [7, 11) is 1.60. The number of ether oxygens (including phenoxy) is 3. The van der Waals surface area contributed by atoms with Crippen molar-refractivity contribution in [2.75, 3.05) is 20.2 Å². The van der Waals surface area contributed by atoms with Gasteiger partial charge in [0, 0.05) is 54.9 Å². The molecular formula is C31H29BrFN3O4S. The normalized spacial score (nSPS) is 15.1. The van der Waals surface area contributed by atoms with E-state index in [-0.39, 0.29) is 17.8 Å². The lowest BCUT2D eigenvalue weighted by molar-refractivity contribution is -0.127. The number of nitrogens with zero attached hydrogens (tertiary/aromatic N) is 3. The number of carbonyl (C=O) groups is 1. The third kappa shape index (κ3) is 6.77. The number of fused-ring (bicyclic) bond motifs is 1. The van der Waals surface area contributed by atoms with Crippen molar-refractivity contribution < 1.29 is 23.4 Å². The lowest BCUT2D eigenvalue weighted by atomic mass is 9.94. The number of aromatic nitrogens is 1. The van der Waals surface area contributed by atoms with Gasteiger partial charge in [0.25, 0.3) is 5.19 Å². The first kappa shape index (κ1) is 28.8. The molecule has 7 nitrogen and oxygen atoms in total. The minimum atomic E-state index is -0.354. The average Bonchev–Trinajstić information content (AvgIpc) is 3.32. The smallest absolute Gasteiger partial charge is 0.279 e. The van der Waals surface area contributed by atoms with Crippen molar-refractivity contribution in [1.29, 1.82) is 0 Å². The summed E-state index contributed by atoms with van der Waals surface area (Å²) in [5.74, 6) is 1.16. The second kappa shape index (κ2) is 12.8.